The van der Waals surface area contributed by atoms with Gasteiger partial charge in [-0.05, 0) is 44.4 Å². The molecule has 1 aliphatic heterocycles. The normalized spacial score (nSPS) is 16.5. The van der Waals surface area contributed by atoms with Gasteiger partial charge in [0.15, 0.2) is 5.82 Å². The van der Waals surface area contributed by atoms with Gasteiger partial charge in [-0.2, -0.15) is 10.1 Å². The summed E-state index contributed by atoms with van der Waals surface area (Å²) >= 11 is 0. The summed E-state index contributed by atoms with van der Waals surface area (Å²) in [6.45, 7) is 4.58. The Hall–Kier alpha value is -3.22. The molecule has 7 nitrogen and oxygen atoms in total. The maximum atomic E-state index is 12.8. The fourth-order valence-electron chi connectivity index (χ4n) is 3.35. The highest BCUT2D eigenvalue weighted by Gasteiger charge is 2.33. The first-order chi connectivity index (χ1) is 13.1. The van der Waals surface area contributed by atoms with Gasteiger partial charge < -0.3 is 9.64 Å². The molecule has 4 rings (SSSR count). The molecule has 0 unspecified atom stereocenters. The number of hydrogen-bond acceptors (Lipinski definition) is 5. The number of aromatic nitrogens is 4. The molecule has 0 radical (unpaired) electrons. The van der Waals surface area contributed by atoms with Crippen LogP contribution in [0.3, 0.4) is 0 Å². The number of rotatable bonds is 4. The van der Waals surface area contributed by atoms with Gasteiger partial charge in [-0.1, -0.05) is 18.2 Å². The highest BCUT2D eigenvalue weighted by Crippen LogP contribution is 2.33. The lowest BCUT2D eigenvalue weighted by atomic mass is 10.2. The molecule has 0 saturated carbocycles. The van der Waals surface area contributed by atoms with Crippen molar-refractivity contribution in [2.75, 3.05) is 6.54 Å². The Bertz CT molecular complexity index is 955. The summed E-state index contributed by atoms with van der Waals surface area (Å²) in [5.41, 5.74) is 2.32. The minimum Gasteiger partial charge on any atom is -0.439 e. The van der Waals surface area contributed by atoms with Gasteiger partial charge >= 0.3 is 0 Å². The van der Waals surface area contributed by atoms with E-state index in [0.29, 0.717) is 23.9 Å². The number of aromatic amines is 1. The number of carbonyl (C=O) groups excluding carboxylic acids is 1. The number of nitrogens with one attached hydrogen (secondary N) is 1. The SMILES string of the molecule is Cc1cc(Oc2ccccc2C)nc([C@H]2CCCN2C(=O)c2ccn[nH]2)n1. The fourth-order valence-corrected chi connectivity index (χ4v) is 3.35. The predicted octanol–water partition coefficient (Wildman–Crippen LogP) is 3.59. The van der Waals surface area contributed by atoms with Crippen LogP contribution in [0.5, 0.6) is 11.6 Å². The van der Waals surface area contributed by atoms with Crippen molar-refractivity contribution in [3.63, 3.8) is 0 Å². The lowest BCUT2D eigenvalue weighted by Gasteiger charge is -2.23. The van der Waals surface area contributed by atoms with Gasteiger partial charge in [0, 0.05) is 24.5 Å². The molecule has 1 amide bonds. The first kappa shape index (κ1) is 17.2. The summed E-state index contributed by atoms with van der Waals surface area (Å²) in [5.74, 6) is 1.79. The number of likely N-dealkylation sites (tertiary alicyclic amines) is 1. The molecule has 27 heavy (non-hydrogen) atoms. The third-order valence-electron chi connectivity index (χ3n) is 4.70. The molecule has 0 spiro atoms. The Morgan fingerprint density at radius 3 is 2.85 bits per heavy atom. The van der Waals surface area contributed by atoms with Crippen LogP contribution in [-0.4, -0.2) is 37.5 Å². The van der Waals surface area contributed by atoms with E-state index in [-0.39, 0.29) is 11.9 Å². The van der Waals surface area contributed by atoms with E-state index in [0.717, 1.165) is 29.8 Å². The molecule has 0 bridgehead atoms. The standard InChI is InChI=1S/C20H21N5O2/c1-13-6-3-4-8-17(13)27-18-12-14(2)22-19(23-18)16-7-5-11-25(16)20(26)15-9-10-21-24-15/h3-4,6,8-10,12,16H,5,7,11H2,1-2H3,(H,21,24)/t16-/m1/s1. The lowest BCUT2D eigenvalue weighted by molar-refractivity contribution is 0.0723. The van der Waals surface area contributed by atoms with Gasteiger partial charge in [0.1, 0.15) is 11.4 Å². The van der Waals surface area contributed by atoms with Crippen molar-refractivity contribution in [2.24, 2.45) is 0 Å². The van der Waals surface area contributed by atoms with Gasteiger partial charge in [0.25, 0.3) is 5.91 Å². The minimum atomic E-state index is -0.167. The van der Waals surface area contributed by atoms with E-state index in [4.69, 9.17) is 4.74 Å². The van der Waals surface area contributed by atoms with Crippen LogP contribution in [0.4, 0.5) is 0 Å². The van der Waals surface area contributed by atoms with E-state index >= 15 is 0 Å². The number of ether oxygens (including phenoxy) is 1. The third kappa shape index (κ3) is 3.53. The van der Waals surface area contributed by atoms with Gasteiger partial charge in [-0.3, -0.25) is 9.89 Å². The van der Waals surface area contributed by atoms with Crippen molar-refractivity contribution in [2.45, 2.75) is 32.7 Å². The monoisotopic (exact) mass is 363 g/mol. The van der Waals surface area contributed by atoms with Crippen molar-refractivity contribution in [1.29, 1.82) is 0 Å². The summed E-state index contributed by atoms with van der Waals surface area (Å²) < 4.78 is 5.99. The highest BCUT2D eigenvalue weighted by atomic mass is 16.5. The van der Waals surface area contributed by atoms with Crippen LogP contribution in [0.25, 0.3) is 0 Å². The Kier molecular flexibility index (Phi) is 4.58. The van der Waals surface area contributed by atoms with Crippen LogP contribution in [0.15, 0.2) is 42.6 Å². The molecular weight excluding hydrogens is 342 g/mol. The largest absolute Gasteiger partial charge is 0.439 e. The molecule has 1 aromatic carbocycles. The molecule has 1 fully saturated rings. The van der Waals surface area contributed by atoms with Gasteiger partial charge in [0.05, 0.1) is 6.04 Å². The number of nitrogens with zero attached hydrogens (tertiary/aromatic N) is 4. The number of amides is 1. The van der Waals surface area contributed by atoms with E-state index in [9.17, 15) is 4.79 Å². The molecule has 3 heterocycles. The van der Waals surface area contributed by atoms with Crippen molar-refractivity contribution in [3.05, 3.63) is 65.4 Å². The average molecular weight is 363 g/mol. The van der Waals surface area contributed by atoms with E-state index < -0.39 is 0 Å². The first-order valence-electron chi connectivity index (χ1n) is 9.01. The molecule has 7 heteroatoms. The van der Waals surface area contributed by atoms with Crippen LogP contribution in [0, 0.1) is 13.8 Å². The predicted molar refractivity (Wildman–Crippen MR) is 99.6 cm³/mol. The molecule has 0 aliphatic carbocycles. The second kappa shape index (κ2) is 7.19. The molecule has 3 aromatic rings. The molecular formula is C20H21N5O2. The number of hydrogen-bond donors (Lipinski definition) is 1. The number of aryl methyl sites for hydroxylation is 2. The first-order valence-corrected chi connectivity index (χ1v) is 9.01. The molecule has 138 valence electrons. The fraction of sp³-hybridized carbons (Fsp3) is 0.300. The minimum absolute atomic E-state index is 0.0820. The quantitative estimate of drug-likeness (QED) is 0.766. The summed E-state index contributed by atoms with van der Waals surface area (Å²) in [4.78, 5) is 23.8. The van der Waals surface area contributed by atoms with Crippen molar-refractivity contribution >= 4 is 5.91 Å². The number of benzene rings is 1. The zero-order valence-corrected chi connectivity index (χ0v) is 15.3. The van der Waals surface area contributed by atoms with E-state index in [2.05, 4.69) is 20.2 Å². The van der Waals surface area contributed by atoms with Gasteiger partial charge in [-0.15, -0.1) is 0 Å². The second-order valence-electron chi connectivity index (χ2n) is 6.70. The Morgan fingerprint density at radius 2 is 2.07 bits per heavy atom. The molecule has 1 N–H and O–H groups in total. The maximum absolute atomic E-state index is 12.8. The summed E-state index contributed by atoms with van der Waals surface area (Å²) in [7, 11) is 0. The molecule has 1 aliphatic rings. The van der Waals surface area contributed by atoms with E-state index in [1.54, 1.807) is 17.2 Å². The summed E-state index contributed by atoms with van der Waals surface area (Å²) in [5, 5.41) is 6.61. The Labute approximate surface area is 157 Å². The van der Waals surface area contributed by atoms with Crippen LogP contribution in [0.2, 0.25) is 0 Å². The zero-order chi connectivity index (χ0) is 18.8. The van der Waals surface area contributed by atoms with Crippen molar-refractivity contribution in [3.8, 4) is 11.6 Å². The number of carbonyl (C=O) groups is 1. The van der Waals surface area contributed by atoms with Crippen LogP contribution in [0.1, 0.15) is 46.5 Å². The summed E-state index contributed by atoms with van der Waals surface area (Å²) in [6.07, 6.45) is 3.32. The van der Waals surface area contributed by atoms with Crippen LogP contribution < -0.4 is 4.74 Å². The van der Waals surface area contributed by atoms with Crippen molar-refractivity contribution in [1.82, 2.24) is 25.1 Å². The van der Waals surface area contributed by atoms with Crippen LogP contribution in [-0.2, 0) is 0 Å². The highest BCUT2D eigenvalue weighted by molar-refractivity contribution is 5.92. The van der Waals surface area contributed by atoms with E-state index in [1.807, 2.05) is 44.2 Å². The molecule has 1 atom stereocenters. The topological polar surface area (TPSA) is 84.0 Å². The van der Waals surface area contributed by atoms with Crippen LogP contribution >= 0.6 is 0 Å². The Morgan fingerprint density at radius 1 is 1.22 bits per heavy atom. The second-order valence-corrected chi connectivity index (χ2v) is 6.70. The van der Waals surface area contributed by atoms with Gasteiger partial charge in [-0.25, -0.2) is 4.98 Å². The lowest BCUT2D eigenvalue weighted by Crippen LogP contribution is -2.31. The summed E-state index contributed by atoms with van der Waals surface area (Å²) in [6, 6.07) is 11.1. The smallest absolute Gasteiger partial charge is 0.272 e. The van der Waals surface area contributed by atoms with Gasteiger partial charge in [0.2, 0.25) is 5.88 Å². The van der Waals surface area contributed by atoms with Crippen molar-refractivity contribution < 1.29 is 9.53 Å². The zero-order valence-electron chi connectivity index (χ0n) is 15.3. The molecule has 1 saturated heterocycles. The Balaban J connectivity index is 1.62. The van der Waals surface area contributed by atoms with E-state index in [1.165, 1.54) is 0 Å². The maximum Gasteiger partial charge on any atom is 0.272 e. The average Bonchev–Trinajstić information content (AvgIpc) is 3.35. The number of H-pyrrole nitrogens is 1. The third-order valence-corrected chi connectivity index (χ3v) is 4.70. The molecule has 2 aromatic heterocycles. The number of para-hydroxylation sites is 1.